The monoisotopic (exact) mass is 528 g/mol. The van der Waals surface area contributed by atoms with Gasteiger partial charge in [-0.05, 0) is 42.7 Å². The molecule has 26 heavy (non-hydrogen) atoms. The minimum Gasteiger partial charge on any atom is -0.356 e. The topological polar surface area (TPSA) is 66.6 Å². The molecule has 0 aliphatic heterocycles. The first-order valence-corrected chi connectivity index (χ1v) is 9.03. The summed E-state index contributed by atoms with van der Waals surface area (Å²) in [5.74, 6) is 1.62. The third-order valence-electron chi connectivity index (χ3n) is 3.85. The number of halogens is 2. The van der Waals surface area contributed by atoms with Crippen molar-refractivity contribution in [3.63, 3.8) is 0 Å². The average molecular weight is 529 g/mol. The van der Waals surface area contributed by atoms with Crippen LogP contribution in [-0.2, 0) is 13.0 Å². The number of aromatic nitrogens is 3. The number of guanidine groups is 1. The van der Waals surface area contributed by atoms with Crippen LogP contribution in [0.3, 0.4) is 0 Å². The maximum Gasteiger partial charge on any atom is 0.191 e. The van der Waals surface area contributed by atoms with Gasteiger partial charge in [-0.3, -0.25) is 9.39 Å². The zero-order valence-electron chi connectivity index (χ0n) is 14.5. The predicted octanol–water partition coefficient (Wildman–Crippen LogP) is 3.41. The molecule has 8 heteroatoms. The molecule has 0 aliphatic carbocycles. The zero-order chi connectivity index (χ0) is 17.5. The van der Waals surface area contributed by atoms with Gasteiger partial charge in [-0.15, -0.1) is 34.2 Å². The molecule has 0 spiro atoms. The van der Waals surface area contributed by atoms with E-state index in [0.29, 0.717) is 6.54 Å². The van der Waals surface area contributed by atoms with Crippen molar-refractivity contribution in [3.8, 4) is 0 Å². The number of aliphatic imine (C=N–C) groups is 1. The molecule has 0 bridgehead atoms. The van der Waals surface area contributed by atoms with Crippen LogP contribution in [-0.4, -0.2) is 34.2 Å². The van der Waals surface area contributed by atoms with E-state index in [0.717, 1.165) is 41.3 Å². The standard InChI is InChI=1S/C18H21BrN6.HI/c1-20-18(21-10-5-7-14-6-4-8-15(19)12-14)22-13-17-24-23-16-9-2-3-11-25(16)17;/h2-4,6,8-9,11-12H,5,7,10,13H2,1H3,(H2,20,21,22);1H. The van der Waals surface area contributed by atoms with E-state index in [1.807, 2.05) is 34.9 Å². The molecule has 0 atom stereocenters. The first-order chi connectivity index (χ1) is 12.3. The number of benzene rings is 1. The molecule has 0 amide bonds. The van der Waals surface area contributed by atoms with E-state index in [1.54, 1.807) is 7.05 Å². The Morgan fingerprint density at radius 1 is 1.15 bits per heavy atom. The molecular formula is C18H22BrIN6. The van der Waals surface area contributed by atoms with E-state index in [4.69, 9.17) is 0 Å². The minimum atomic E-state index is 0. The second-order valence-electron chi connectivity index (χ2n) is 5.63. The smallest absolute Gasteiger partial charge is 0.191 e. The van der Waals surface area contributed by atoms with Crippen LogP contribution in [0.15, 0.2) is 58.1 Å². The lowest BCUT2D eigenvalue weighted by atomic mass is 10.1. The lowest BCUT2D eigenvalue weighted by Gasteiger charge is -2.11. The van der Waals surface area contributed by atoms with Crippen molar-refractivity contribution < 1.29 is 0 Å². The fourth-order valence-corrected chi connectivity index (χ4v) is 3.03. The Bertz CT molecular complexity index is 864. The van der Waals surface area contributed by atoms with E-state index < -0.39 is 0 Å². The van der Waals surface area contributed by atoms with Gasteiger partial charge in [0.05, 0.1) is 6.54 Å². The highest BCUT2D eigenvalue weighted by molar-refractivity contribution is 14.0. The number of hydrogen-bond donors (Lipinski definition) is 2. The van der Waals surface area contributed by atoms with Crippen LogP contribution in [0, 0.1) is 0 Å². The second kappa shape index (κ2) is 10.5. The molecule has 0 saturated heterocycles. The lowest BCUT2D eigenvalue weighted by molar-refractivity contribution is 0.727. The Morgan fingerprint density at radius 3 is 2.85 bits per heavy atom. The molecule has 3 rings (SSSR count). The first kappa shape index (κ1) is 20.6. The number of hydrogen-bond acceptors (Lipinski definition) is 3. The van der Waals surface area contributed by atoms with Crippen LogP contribution < -0.4 is 10.6 Å². The van der Waals surface area contributed by atoms with Crippen LogP contribution in [0.25, 0.3) is 5.65 Å². The van der Waals surface area contributed by atoms with Crippen molar-refractivity contribution >= 4 is 51.5 Å². The van der Waals surface area contributed by atoms with E-state index in [1.165, 1.54) is 5.56 Å². The molecule has 6 nitrogen and oxygen atoms in total. The maximum atomic E-state index is 4.26. The SMILES string of the molecule is CN=C(NCCCc1cccc(Br)c1)NCc1nnc2ccccn12.I. The molecule has 0 aliphatic rings. The third-order valence-corrected chi connectivity index (χ3v) is 4.34. The Kier molecular flexibility index (Phi) is 8.30. The molecule has 2 heterocycles. The number of nitrogens with zero attached hydrogens (tertiary/aromatic N) is 4. The summed E-state index contributed by atoms with van der Waals surface area (Å²) in [7, 11) is 1.77. The van der Waals surface area contributed by atoms with E-state index >= 15 is 0 Å². The number of fused-ring (bicyclic) bond motifs is 1. The number of aryl methyl sites for hydroxylation is 1. The summed E-state index contributed by atoms with van der Waals surface area (Å²) in [4.78, 5) is 4.26. The summed E-state index contributed by atoms with van der Waals surface area (Å²) in [5.41, 5.74) is 2.17. The first-order valence-electron chi connectivity index (χ1n) is 8.24. The summed E-state index contributed by atoms with van der Waals surface area (Å²) in [6.45, 7) is 1.42. The Morgan fingerprint density at radius 2 is 2.04 bits per heavy atom. The fourth-order valence-electron chi connectivity index (χ4n) is 2.59. The van der Waals surface area contributed by atoms with Gasteiger partial charge in [0, 0.05) is 24.3 Å². The normalized spacial score (nSPS) is 11.2. The van der Waals surface area contributed by atoms with Gasteiger partial charge in [0.2, 0.25) is 0 Å². The van der Waals surface area contributed by atoms with Gasteiger partial charge in [0.15, 0.2) is 17.4 Å². The summed E-state index contributed by atoms with van der Waals surface area (Å²) >= 11 is 3.50. The van der Waals surface area contributed by atoms with Gasteiger partial charge < -0.3 is 10.6 Å². The van der Waals surface area contributed by atoms with Gasteiger partial charge in [-0.25, -0.2) is 0 Å². The quantitative estimate of drug-likeness (QED) is 0.223. The highest BCUT2D eigenvalue weighted by atomic mass is 127. The Balaban J connectivity index is 0.00000243. The molecular weight excluding hydrogens is 507 g/mol. The molecule has 0 radical (unpaired) electrons. The van der Waals surface area contributed by atoms with Crippen LogP contribution in [0.2, 0.25) is 0 Å². The predicted molar refractivity (Wildman–Crippen MR) is 119 cm³/mol. The average Bonchev–Trinajstić information content (AvgIpc) is 3.04. The van der Waals surface area contributed by atoms with Crippen molar-refractivity contribution in [2.75, 3.05) is 13.6 Å². The molecule has 2 aromatic heterocycles. The molecule has 0 fully saturated rings. The second-order valence-corrected chi connectivity index (χ2v) is 6.55. The van der Waals surface area contributed by atoms with Gasteiger partial charge in [-0.2, -0.15) is 0 Å². The molecule has 0 unspecified atom stereocenters. The summed E-state index contributed by atoms with van der Waals surface area (Å²) < 4.78 is 3.09. The number of rotatable bonds is 6. The van der Waals surface area contributed by atoms with E-state index in [-0.39, 0.29) is 24.0 Å². The highest BCUT2D eigenvalue weighted by Gasteiger charge is 2.05. The lowest BCUT2D eigenvalue weighted by Crippen LogP contribution is -2.37. The van der Waals surface area contributed by atoms with Gasteiger partial charge in [-0.1, -0.05) is 34.1 Å². The molecule has 138 valence electrons. The molecule has 1 aromatic carbocycles. The van der Waals surface area contributed by atoms with E-state index in [9.17, 15) is 0 Å². The molecule has 0 saturated carbocycles. The zero-order valence-corrected chi connectivity index (χ0v) is 18.4. The Hall–Kier alpha value is -1.68. The molecule has 2 N–H and O–H groups in total. The summed E-state index contributed by atoms with van der Waals surface area (Å²) in [6.07, 6.45) is 4.02. The van der Waals surface area contributed by atoms with Gasteiger partial charge >= 0.3 is 0 Å². The third kappa shape index (κ3) is 5.66. The van der Waals surface area contributed by atoms with Crippen molar-refractivity contribution in [2.24, 2.45) is 4.99 Å². The van der Waals surface area contributed by atoms with Crippen molar-refractivity contribution in [1.29, 1.82) is 0 Å². The van der Waals surface area contributed by atoms with Crippen molar-refractivity contribution in [3.05, 3.63) is 64.5 Å². The van der Waals surface area contributed by atoms with Crippen LogP contribution in [0.4, 0.5) is 0 Å². The van der Waals surface area contributed by atoms with E-state index in [2.05, 4.69) is 60.0 Å². The largest absolute Gasteiger partial charge is 0.356 e. The maximum absolute atomic E-state index is 4.26. The van der Waals surface area contributed by atoms with Crippen LogP contribution in [0.5, 0.6) is 0 Å². The minimum absolute atomic E-state index is 0. The fraction of sp³-hybridized carbons (Fsp3) is 0.278. The number of pyridine rings is 1. The van der Waals surface area contributed by atoms with Gasteiger partial charge in [0.25, 0.3) is 0 Å². The Labute approximate surface area is 178 Å². The highest BCUT2D eigenvalue weighted by Crippen LogP contribution is 2.12. The van der Waals surface area contributed by atoms with Gasteiger partial charge in [0.1, 0.15) is 0 Å². The number of nitrogens with one attached hydrogen (secondary N) is 2. The molecule has 3 aromatic rings. The van der Waals surface area contributed by atoms with Crippen molar-refractivity contribution in [1.82, 2.24) is 25.2 Å². The summed E-state index contributed by atoms with van der Waals surface area (Å²) in [5, 5.41) is 15.0. The van der Waals surface area contributed by atoms with Crippen LogP contribution in [0.1, 0.15) is 17.8 Å². The van der Waals surface area contributed by atoms with Crippen LogP contribution >= 0.6 is 39.9 Å². The summed E-state index contributed by atoms with van der Waals surface area (Å²) in [6, 6.07) is 14.3. The van der Waals surface area contributed by atoms with Crippen molar-refractivity contribution in [2.45, 2.75) is 19.4 Å².